The molecule has 0 saturated carbocycles. The topological polar surface area (TPSA) is 131 Å². The fourth-order valence-corrected chi connectivity index (χ4v) is 4.68. The molecule has 0 spiro atoms. The number of amides is 1. The molecule has 2 aromatic heterocycles. The average molecular weight is 471 g/mol. The molecule has 11 heteroatoms. The van der Waals surface area contributed by atoms with Crippen LogP contribution in [0.1, 0.15) is 17.3 Å². The van der Waals surface area contributed by atoms with Gasteiger partial charge < -0.3 is 9.67 Å². The fraction of sp³-hybridized carbons (Fsp3) is 0.143. The number of hydrogen-bond donors (Lipinski definition) is 2. The molecule has 9 nitrogen and oxygen atoms in total. The van der Waals surface area contributed by atoms with E-state index in [0.717, 1.165) is 17.6 Å². The maximum Gasteiger partial charge on any atom is 0.267 e. The summed E-state index contributed by atoms with van der Waals surface area (Å²) < 4.78 is 24.6. The molecule has 164 valence electrons. The second-order valence-electron chi connectivity index (χ2n) is 6.95. The van der Waals surface area contributed by atoms with Crippen molar-refractivity contribution in [2.24, 2.45) is 0 Å². The van der Waals surface area contributed by atoms with Gasteiger partial charge in [0, 0.05) is 23.8 Å². The van der Waals surface area contributed by atoms with Crippen molar-refractivity contribution in [2.45, 2.75) is 18.4 Å². The number of pyridine rings is 1. The maximum absolute atomic E-state index is 12.9. The minimum absolute atomic E-state index is 0.132. The van der Waals surface area contributed by atoms with Gasteiger partial charge in [0.1, 0.15) is 16.3 Å². The Kier molecular flexibility index (Phi) is 5.53. The normalized spacial score (nSPS) is 11.6. The molecule has 0 aliphatic rings. The Balaban J connectivity index is 1.66. The SMILES string of the molecule is CCn1c(=O)c(C(=O)Nc2nnc(-c3ccc(S(C)(=O)=O)cc3)s2)c(O)c2ccccc21. The molecule has 2 aromatic carbocycles. The number of para-hydroxylation sites is 1. The summed E-state index contributed by atoms with van der Waals surface area (Å²) in [5, 5.41) is 22.0. The Morgan fingerprint density at radius 2 is 1.81 bits per heavy atom. The van der Waals surface area contributed by atoms with Gasteiger partial charge in [0.25, 0.3) is 11.5 Å². The Morgan fingerprint density at radius 1 is 1.12 bits per heavy atom. The number of anilines is 1. The van der Waals surface area contributed by atoms with Crippen molar-refractivity contribution in [3.63, 3.8) is 0 Å². The van der Waals surface area contributed by atoms with E-state index in [-0.39, 0.29) is 15.6 Å². The number of benzene rings is 2. The number of rotatable bonds is 5. The Hall–Kier alpha value is -3.57. The smallest absolute Gasteiger partial charge is 0.267 e. The minimum atomic E-state index is -3.32. The lowest BCUT2D eigenvalue weighted by Crippen LogP contribution is -2.29. The number of carbonyl (C=O) groups is 1. The number of aromatic nitrogens is 3. The van der Waals surface area contributed by atoms with Crippen LogP contribution in [0, 0.1) is 0 Å². The molecule has 4 rings (SSSR count). The third-order valence-electron chi connectivity index (χ3n) is 4.86. The second-order valence-corrected chi connectivity index (χ2v) is 9.95. The van der Waals surface area contributed by atoms with Crippen molar-refractivity contribution in [2.75, 3.05) is 11.6 Å². The van der Waals surface area contributed by atoms with E-state index in [1.807, 2.05) is 0 Å². The summed E-state index contributed by atoms with van der Waals surface area (Å²) >= 11 is 1.05. The lowest BCUT2D eigenvalue weighted by atomic mass is 10.1. The molecule has 0 radical (unpaired) electrons. The molecule has 2 N–H and O–H groups in total. The van der Waals surface area contributed by atoms with Crippen LogP contribution in [0.4, 0.5) is 5.13 Å². The quantitative estimate of drug-likeness (QED) is 0.458. The first-order valence-electron chi connectivity index (χ1n) is 9.50. The highest BCUT2D eigenvalue weighted by Gasteiger charge is 2.23. The number of sulfone groups is 1. The molecule has 0 aliphatic heterocycles. The first kappa shape index (κ1) is 21.7. The Labute approximate surface area is 186 Å². The molecule has 0 fully saturated rings. The molecule has 0 unspecified atom stereocenters. The number of fused-ring (bicyclic) bond motifs is 1. The van der Waals surface area contributed by atoms with Crippen molar-refractivity contribution in [3.8, 4) is 16.3 Å². The van der Waals surface area contributed by atoms with Gasteiger partial charge in [-0.15, -0.1) is 10.2 Å². The van der Waals surface area contributed by atoms with Crippen molar-refractivity contribution in [1.82, 2.24) is 14.8 Å². The highest BCUT2D eigenvalue weighted by Crippen LogP contribution is 2.29. The zero-order valence-electron chi connectivity index (χ0n) is 17.1. The molecular weight excluding hydrogens is 452 g/mol. The van der Waals surface area contributed by atoms with Gasteiger partial charge in [0.05, 0.1) is 10.4 Å². The molecule has 2 heterocycles. The van der Waals surface area contributed by atoms with Crippen LogP contribution in [0.15, 0.2) is 58.2 Å². The van der Waals surface area contributed by atoms with Crippen LogP contribution in [-0.2, 0) is 16.4 Å². The van der Waals surface area contributed by atoms with Gasteiger partial charge in [0.2, 0.25) is 5.13 Å². The van der Waals surface area contributed by atoms with Gasteiger partial charge in [-0.05, 0) is 31.2 Å². The fourth-order valence-electron chi connectivity index (χ4n) is 3.30. The monoisotopic (exact) mass is 470 g/mol. The van der Waals surface area contributed by atoms with E-state index in [0.29, 0.717) is 28.0 Å². The first-order chi connectivity index (χ1) is 15.2. The largest absolute Gasteiger partial charge is 0.506 e. The highest BCUT2D eigenvalue weighted by molar-refractivity contribution is 7.90. The van der Waals surface area contributed by atoms with Crippen LogP contribution in [-0.4, -0.2) is 40.5 Å². The van der Waals surface area contributed by atoms with Gasteiger partial charge in [-0.2, -0.15) is 0 Å². The molecule has 0 aliphatic carbocycles. The van der Waals surface area contributed by atoms with E-state index in [1.54, 1.807) is 43.3 Å². The molecule has 0 bridgehead atoms. The van der Waals surface area contributed by atoms with E-state index in [1.165, 1.54) is 16.7 Å². The molecule has 0 saturated heterocycles. The van der Waals surface area contributed by atoms with E-state index < -0.39 is 27.1 Å². The number of nitrogens with zero attached hydrogens (tertiary/aromatic N) is 3. The predicted octanol–water partition coefficient (Wildman–Crippen LogP) is 2.90. The van der Waals surface area contributed by atoms with E-state index >= 15 is 0 Å². The number of aryl methyl sites for hydroxylation is 1. The van der Waals surface area contributed by atoms with Crippen molar-refractivity contribution >= 4 is 43.1 Å². The van der Waals surface area contributed by atoms with Crippen molar-refractivity contribution < 1.29 is 18.3 Å². The van der Waals surface area contributed by atoms with Crippen LogP contribution in [0.2, 0.25) is 0 Å². The first-order valence-corrected chi connectivity index (χ1v) is 12.2. The molecule has 32 heavy (non-hydrogen) atoms. The Bertz CT molecular complexity index is 1510. The molecule has 1 amide bonds. The van der Waals surface area contributed by atoms with Crippen LogP contribution in [0.25, 0.3) is 21.5 Å². The summed E-state index contributed by atoms with van der Waals surface area (Å²) in [6.45, 7) is 2.10. The summed E-state index contributed by atoms with van der Waals surface area (Å²) in [5.74, 6) is -1.19. The van der Waals surface area contributed by atoms with E-state index in [9.17, 15) is 23.1 Å². The van der Waals surface area contributed by atoms with Gasteiger partial charge in [-0.1, -0.05) is 35.6 Å². The third kappa shape index (κ3) is 3.87. The zero-order chi connectivity index (χ0) is 23.0. The third-order valence-corrected chi connectivity index (χ3v) is 6.88. The van der Waals surface area contributed by atoms with Crippen LogP contribution >= 0.6 is 11.3 Å². The number of nitrogens with one attached hydrogen (secondary N) is 1. The van der Waals surface area contributed by atoms with Crippen LogP contribution in [0.5, 0.6) is 5.75 Å². The minimum Gasteiger partial charge on any atom is -0.506 e. The van der Waals surface area contributed by atoms with Crippen molar-refractivity contribution in [3.05, 3.63) is 64.4 Å². The average Bonchev–Trinajstić information content (AvgIpc) is 3.22. The standard InChI is InChI=1S/C21H18N4O5S2/c1-3-25-15-7-5-4-6-14(15)17(26)16(20(25)28)18(27)22-21-24-23-19(31-21)12-8-10-13(11-9-12)32(2,29)30/h4-11,26H,3H2,1-2H3,(H,22,24,27). The van der Waals surface area contributed by atoms with Crippen LogP contribution in [0.3, 0.4) is 0 Å². The lowest BCUT2D eigenvalue weighted by Gasteiger charge is -2.12. The Morgan fingerprint density at radius 3 is 2.47 bits per heavy atom. The number of hydrogen-bond acceptors (Lipinski definition) is 8. The predicted molar refractivity (Wildman–Crippen MR) is 122 cm³/mol. The van der Waals surface area contributed by atoms with Gasteiger partial charge in [-0.3, -0.25) is 14.9 Å². The van der Waals surface area contributed by atoms with Gasteiger partial charge in [-0.25, -0.2) is 8.42 Å². The zero-order valence-corrected chi connectivity index (χ0v) is 18.7. The number of aromatic hydroxyl groups is 1. The van der Waals surface area contributed by atoms with Crippen LogP contribution < -0.4 is 10.9 Å². The number of carbonyl (C=O) groups excluding carboxylic acids is 1. The van der Waals surface area contributed by atoms with Crippen molar-refractivity contribution in [1.29, 1.82) is 0 Å². The second kappa shape index (κ2) is 8.17. The molecule has 0 atom stereocenters. The van der Waals surface area contributed by atoms with Gasteiger partial charge in [0.15, 0.2) is 9.84 Å². The summed E-state index contributed by atoms with van der Waals surface area (Å²) in [6, 6.07) is 12.9. The lowest BCUT2D eigenvalue weighted by molar-refractivity contribution is 0.102. The highest BCUT2D eigenvalue weighted by atomic mass is 32.2. The maximum atomic E-state index is 12.9. The summed E-state index contributed by atoms with van der Waals surface area (Å²) in [6.07, 6.45) is 1.12. The molecular formula is C21H18N4O5S2. The summed E-state index contributed by atoms with van der Waals surface area (Å²) in [7, 11) is -3.32. The van der Waals surface area contributed by atoms with E-state index in [4.69, 9.17) is 0 Å². The van der Waals surface area contributed by atoms with E-state index in [2.05, 4.69) is 15.5 Å². The summed E-state index contributed by atoms with van der Waals surface area (Å²) in [4.78, 5) is 25.9. The summed E-state index contributed by atoms with van der Waals surface area (Å²) in [5.41, 5.74) is 0.171. The van der Waals surface area contributed by atoms with Gasteiger partial charge >= 0.3 is 0 Å². The molecule has 4 aromatic rings.